The van der Waals surface area contributed by atoms with Crippen molar-refractivity contribution in [2.45, 2.75) is 32.5 Å². The molecule has 5 aromatic rings. The Morgan fingerprint density at radius 1 is 1.09 bits per heavy atom. The topological polar surface area (TPSA) is 96.5 Å². The number of hydrogen-bond acceptors (Lipinski definition) is 8. The van der Waals surface area contributed by atoms with Crippen molar-refractivity contribution in [2.24, 2.45) is 7.05 Å². The Labute approximate surface area is 246 Å². The number of pyridine rings is 1. The van der Waals surface area contributed by atoms with Crippen LogP contribution in [0.25, 0.3) is 38.9 Å². The Morgan fingerprint density at radius 2 is 1.91 bits per heavy atom. The number of fused-ring (bicyclic) bond motifs is 2. The highest BCUT2D eigenvalue weighted by atomic mass is 19.3. The summed E-state index contributed by atoms with van der Waals surface area (Å²) in [5, 5.41) is 0.608. The van der Waals surface area contributed by atoms with Crippen LogP contribution >= 0.6 is 0 Å². The molecule has 0 amide bonds. The summed E-state index contributed by atoms with van der Waals surface area (Å²) in [5.41, 5.74) is 3.32. The number of aryl methyl sites for hydroxylation is 1. The Hall–Kier alpha value is -4.42. The second-order valence-electron chi connectivity index (χ2n) is 10.4. The van der Waals surface area contributed by atoms with Gasteiger partial charge in [0.25, 0.3) is 5.56 Å². The van der Waals surface area contributed by atoms with E-state index in [0.717, 1.165) is 49.3 Å². The van der Waals surface area contributed by atoms with Gasteiger partial charge in [0.2, 0.25) is 0 Å². The number of benzene rings is 2. The highest BCUT2D eigenvalue weighted by Crippen LogP contribution is 2.28. The van der Waals surface area contributed by atoms with Crippen LogP contribution in [-0.4, -0.2) is 75.1 Å². The second-order valence-corrected chi connectivity index (χ2v) is 10.4. The van der Waals surface area contributed by atoms with Crippen LogP contribution < -0.4 is 15.0 Å². The molecular weight excluding hydrogens is 558 g/mol. The summed E-state index contributed by atoms with van der Waals surface area (Å²) in [7, 11) is 3.75. The van der Waals surface area contributed by atoms with Crippen LogP contribution in [-0.2, 0) is 18.2 Å². The molecule has 1 aliphatic heterocycles. The molecule has 10 nitrogen and oxygen atoms in total. The maximum absolute atomic E-state index is 14.1. The summed E-state index contributed by atoms with van der Waals surface area (Å²) >= 11 is 0. The SMILES string of the molecule is CCOc1ncc2cc(-c3ccc4nc(CCN5CC[C@H](OC)C5)n(C)c4c3)c(=O)n(-c3ccc(OC(F)F)cc3)c2n1. The number of alkyl halides is 2. The molecule has 1 atom stereocenters. The van der Waals surface area contributed by atoms with Crippen molar-refractivity contribution in [3.05, 3.63) is 70.9 Å². The number of hydrogen-bond donors (Lipinski definition) is 0. The molecule has 0 bridgehead atoms. The third-order valence-electron chi connectivity index (χ3n) is 7.81. The zero-order valence-corrected chi connectivity index (χ0v) is 24.2. The number of ether oxygens (including phenoxy) is 3. The third kappa shape index (κ3) is 5.80. The standard InChI is InChI=1S/C31H32F2N6O4/c1-4-42-31-34-17-20-15-24(29(40)39(28(20)36-31)21-6-8-22(9-7-21)43-30(32)33)19-5-10-25-26(16-19)37(2)27(35-25)12-14-38-13-11-23(18-38)41-3/h5-10,15-17,23,30H,4,11-14,18H2,1-3H3/t23-/m0/s1. The normalized spacial score (nSPS) is 15.6. The van der Waals surface area contributed by atoms with Gasteiger partial charge in [-0.05, 0) is 61.4 Å². The van der Waals surface area contributed by atoms with Gasteiger partial charge in [-0.3, -0.25) is 9.36 Å². The Bertz CT molecular complexity index is 1820. The Balaban J connectivity index is 1.40. The van der Waals surface area contributed by atoms with Gasteiger partial charge < -0.3 is 23.7 Å². The molecule has 0 spiro atoms. The summed E-state index contributed by atoms with van der Waals surface area (Å²) in [4.78, 5) is 30.2. The fraction of sp³-hybridized carbons (Fsp3) is 0.355. The zero-order chi connectivity index (χ0) is 30.1. The minimum atomic E-state index is -2.95. The lowest BCUT2D eigenvalue weighted by atomic mass is 10.0. The van der Waals surface area contributed by atoms with E-state index in [-0.39, 0.29) is 23.4 Å². The Kier molecular flexibility index (Phi) is 8.04. The van der Waals surface area contributed by atoms with Crippen molar-refractivity contribution < 1.29 is 23.0 Å². The van der Waals surface area contributed by atoms with E-state index in [0.29, 0.717) is 34.5 Å². The van der Waals surface area contributed by atoms with E-state index >= 15 is 0 Å². The minimum Gasteiger partial charge on any atom is -0.464 e. The molecule has 0 radical (unpaired) electrons. The van der Waals surface area contributed by atoms with Crippen LogP contribution in [0.1, 0.15) is 19.2 Å². The second kappa shape index (κ2) is 12.1. The van der Waals surface area contributed by atoms with E-state index in [2.05, 4.69) is 24.2 Å². The van der Waals surface area contributed by atoms with Crippen molar-refractivity contribution in [2.75, 3.05) is 33.4 Å². The van der Waals surface area contributed by atoms with Crippen LogP contribution in [0.2, 0.25) is 0 Å². The number of nitrogens with zero attached hydrogens (tertiary/aromatic N) is 6. The molecule has 1 fully saturated rings. The molecule has 43 heavy (non-hydrogen) atoms. The highest BCUT2D eigenvalue weighted by molar-refractivity contribution is 5.87. The number of aromatic nitrogens is 5. The molecule has 3 aromatic heterocycles. The Morgan fingerprint density at radius 3 is 2.63 bits per heavy atom. The fourth-order valence-electron chi connectivity index (χ4n) is 5.58. The van der Waals surface area contributed by atoms with Crippen LogP contribution in [0.3, 0.4) is 0 Å². The van der Waals surface area contributed by atoms with E-state index in [1.165, 1.54) is 28.8 Å². The fourth-order valence-corrected chi connectivity index (χ4v) is 5.58. The molecule has 1 aliphatic rings. The van der Waals surface area contributed by atoms with Gasteiger partial charge in [0.1, 0.15) is 11.6 Å². The van der Waals surface area contributed by atoms with Crippen molar-refractivity contribution in [3.63, 3.8) is 0 Å². The smallest absolute Gasteiger partial charge is 0.387 e. The van der Waals surface area contributed by atoms with E-state index in [1.807, 2.05) is 32.2 Å². The molecule has 6 rings (SSSR count). The zero-order valence-electron chi connectivity index (χ0n) is 24.2. The van der Waals surface area contributed by atoms with E-state index < -0.39 is 6.61 Å². The number of methoxy groups -OCH3 is 1. The van der Waals surface area contributed by atoms with Gasteiger partial charge >= 0.3 is 12.6 Å². The summed E-state index contributed by atoms with van der Waals surface area (Å²) in [6.45, 7) is 2.05. The largest absolute Gasteiger partial charge is 0.464 e. The van der Waals surface area contributed by atoms with Crippen LogP contribution in [0.4, 0.5) is 8.78 Å². The molecule has 4 heterocycles. The first-order chi connectivity index (χ1) is 20.8. The monoisotopic (exact) mass is 590 g/mol. The average molecular weight is 591 g/mol. The van der Waals surface area contributed by atoms with Crippen molar-refractivity contribution in [1.29, 1.82) is 0 Å². The molecule has 224 valence electrons. The molecular formula is C31H32F2N6O4. The quantitative estimate of drug-likeness (QED) is 0.233. The molecule has 0 unspecified atom stereocenters. The maximum Gasteiger partial charge on any atom is 0.387 e. The van der Waals surface area contributed by atoms with Gasteiger partial charge in [0.05, 0.1) is 29.4 Å². The maximum atomic E-state index is 14.1. The highest BCUT2D eigenvalue weighted by Gasteiger charge is 2.22. The van der Waals surface area contributed by atoms with Gasteiger partial charge in [-0.25, -0.2) is 9.97 Å². The van der Waals surface area contributed by atoms with Crippen LogP contribution in [0.5, 0.6) is 11.8 Å². The van der Waals surface area contributed by atoms with Crippen molar-refractivity contribution >= 4 is 22.1 Å². The molecule has 0 saturated carbocycles. The number of halogens is 2. The summed E-state index contributed by atoms with van der Waals surface area (Å²) in [6, 6.07) is 13.5. The predicted molar refractivity (Wildman–Crippen MR) is 158 cm³/mol. The summed E-state index contributed by atoms with van der Waals surface area (Å²) in [6.07, 6.45) is 3.73. The van der Waals surface area contributed by atoms with Crippen LogP contribution in [0.15, 0.2) is 59.5 Å². The lowest BCUT2D eigenvalue weighted by molar-refractivity contribution is -0.0498. The van der Waals surface area contributed by atoms with Crippen molar-refractivity contribution in [1.82, 2.24) is 29.0 Å². The van der Waals surface area contributed by atoms with Gasteiger partial charge in [0.15, 0.2) is 5.65 Å². The minimum absolute atomic E-state index is 0.0161. The number of rotatable bonds is 10. The molecule has 12 heteroatoms. The molecule has 1 saturated heterocycles. The lowest BCUT2D eigenvalue weighted by Crippen LogP contribution is -2.25. The molecule has 2 aromatic carbocycles. The van der Waals surface area contributed by atoms with E-state index in [4.69, 9.17) is 14.5 Å². The van der Waals surface area contributed by atoms with Gasteiger partial charge in [-0.15, -0.1) is 0 Å². The third-order valence-corrected chi connectivity index (χ3v) is 7.81. The van der Waals surface area contributed by atoms with E-state index in [9.17, 15) is 13.6 Å². The summed E-state index contributed by atoms with van der Waals surface area (Å²) in [5.74, 6) is 0.949. The first kappa shape index (κ1) is 28.7. The first-order valence-electron chi connectivity index (χ1n) is 14.2. The first-order valence-corrected chi connectivity index (χ1v) is 14.2. The predicted octanol–water partition coefficient (Wildman–Crippen LogP) is 4.60. The summed E-state index contributed by atoms with van der Waals surface area (Å²) < 4.78 is 44.5. The van der Waals surface area contributed by atoms with Gasteiger partial charge in [0, 0.05) is 57.4 Å². The average Bonchev–Trinajstić information content (AvgIpc) is 3.60. The lowest BCUT2D eigenvalue weighted by Gasteiger charge is -2.15. The van der Waals surface area contributed by atoms with E-state index in [1.54, 1.807) is 19.4 Å². The number of likely N-dealkylation sites (tertiary alicyclic amines) is 1. The molecule has 0 aliphatic carbocycles. The van der Waals surface area contributed by atoms with Crippen molar-refractivity contribution in [3.8, 4) is 28.6 Å². The van der Waals surface area contributed by atoms with Crippen LogP contribution in [0, 0.1) is 0 Å². The van der Waals surface area contributed by atoms with Gasteiger partial charge in [-0.1, -0.05) is 6.07 Å². The number of imidazole rings is 1. The van der Waals surface area contributed by atoms with Gasteiger partial charge in [-0.2, -0.15) is 13.8 Å². The molecule has 0 N–H and O–H groups in total.